The molecular formula is C23H28N4O3. The van der Waals surface area contributed by atoms with Gasteiger partial charge in [0.1, 0.15) is 0 Å². The van der Waals surface area contributed by atoms with Crippen molar-refractivity contribution in [3.05, 3.63) is 47.7 Å². The lowest BCUT2D eigenvalue weighted by atomic mass is 10.0. The third kappa shape index (κ3) is 4.35. The number of esters is 1. The number of nitrogens with zero attached hydrogens (tertiary/aromatic N) is 4. The van der Waals surface area contributed by atoms with Gasteiger partial charge in [-0.15, -0.1) is 0 Å². The number of ether oxygens (including phenoxy) is 1. The summed E-state index contributed by atoms with van der Waals surface area (Å²) in [6.07, 6.45) is 2.53. The van der Waals surface area contributed by atoms with E-state index in [0.29, 0.717) is 24.2 Å². The molecule has 0 saturated heterocycles. The number of aryl methyl sites for hydroxylation is 1. The van der Waals surface area contributed by atoms with Crippen molar-refractivity contribution in [2.75, 3.05) is 20.7 Å². The number of carbonyl (C=O) groups is 2. The molecule has 3 rings (SSSR count). The van der Waals surface area contributed by atoms with Crippen molar-refractivity contribution in [1.82, 2.24) is 19.7 Å². The molecule has 0 fully saturated rings. The van der Waals surface area contributed by atoms with E-state index in [1.54, 1.807) is 18.1 Å². The van der Waals surface area contributed by atoms with Crippen LogP contribution in [0.25, 0.3) is 22.3 Å². The Hall–Kier alpha value is -3.22. The number of methoxy groups -OCH3 is 1. The van der Waals surface area contributed by atoms with Crippen LogP contribution in [0, 0.1) is 6.92 Å². The molecule has 0 bridgehead atoms. The highest BCUT2D eigenvalue weighted by atomic mass is 16.5. The second-order valence-corrected chi connectivity index (χ2v) is 7.70. The van der Waals surface area contributed by atoms with Crippen molar-refractivity contribution in [2.45, 2.75) is 39.7 Å². The highest BCUT2D eigenvalue weighted by Gasteiger charge is 2.21. The van der Waals surface area contributed by atoms with Crippen molar-refractivity contribution in [3.63, 3.8) is 0 Å². The fourth-order valence-electron chi connectivity index (χ4n) is 3.44. The number of rotatable bonds is 7. The van der Waals surface area contributed by atoms with Crippen molar-refractivity contribution in [2.24, 2.45) is 0 Å². The van der Waals surface area contributed by atoms with Gasteiger partial charge in [0, 0.05) is 31.6 Å². The Morgan fingerprint density at radius 3 is 2.63 bits per heavy atom. The van der Waals surface area contributed by atoms with Gasteiger partial charge in [0.15, 0.2) is 5.65 Å². The summed E-state index contributed by atoms with van der Waals surface area (Å²) >= 11 is 0. The molecule has 0 unspecified atom stereocenters. The lowest BCUT2D eigenvalue weighted by molar-refractivity contribution is -0.140. The van der Waals surface area contributed by atoms with Crippen LogP contribution in [0.15, 0.2) is 36.5 Å². The fraction of sp³-hybridized carbons (Fsp3) is 0.391. The van der Waals surface area contributed by atoms with Crippen molar-refractivity contribution in [1.29, 1.82) is 0 Å². The molecular weight excluding hydrogens is 380 g/mol. The van der Waals surface area contributed by atoms with Crippen LogP contribution in [0.2, 0.25) is 0 Å². The predicted molar refractivity (Wildman–Crippen MR) is 116 cm³/mol. The maximum atomic E-state index is 13.3. The molecule has 30 heavy (non-hydrogen) atoms. The first-order valence-electron chi connectivity index (χ1n) is 10.1. The number of hydrogen-bond acceptors (Lipinski definition) is 5. The van der Waals surface area contributed by atoms with Crippen LogP contribution in [0.4, 0.5) is 0 Å². The quantitative estimate of drug-likeness (QED) is 0.552. The minimum absolute atomic E-state index is 0.114. The minimum atomic E-state index is -0.276. The normalized spacial score (nSPS) is 11.1. The van der Waals surface area contributed by atoms with Crippen LogP contribution in [-0.4, -0.2) is 52.2 Å². The molecule has 0 N–H and O–H groups in total. The first-order chi connectivity index (χ1) is 14.3. The molecule has 3 aromatic rings. The Morgan fingerprint density at radius 2 is 1.97 bits per heavy atom. The number of pyridine rings is 1. The highest BCUT2D eigenvalue weighted by Crippen LogP contribution is 2.28. The Morgan fingerprint density at radius 1 is 1.23 bits per heavy atom. The molecule has 0 aliphatic carbocycles. The van der Waals surface area contributed by atoms with Crippen LogP contribution in [0.5, 0.6) is 0 Å². The minimum Gasteiger partial charge on any atom is -0.469 e. The molecule has 7 nitrogen and oxygen atoms in total. The van der Waals surface area contributed by atoms with Crippen LogP contribution in [0.3, 0.4) is 0 Å². The summed E-state index contributed by atoms with van der Waals surface area (Å²) in [5, 5.41) is 5.20. The number of amides is 1. The lowest BCUT2D eigenvalue weighted by Crippen LogP contribution is -2.28. The van der Waals surface area contributed by atoms with Gasteiger partial charge >= 0.3 is 5.97 Å². The zero-order valence-electron chi connectivity index (χ0n) is 18.2. The van der Waals surface area contributed by atoms with E-state index in [1.807, 2.05) is 55.8 Å². The topological polar surface area (TPSA) is 77.3 Å². The van der Waals surface area contributed by atoms with Crippen molar-refractivity contribution in [3.8, 4) is 11.3 Å². The third-order valence-corrected chi connectivity index (χ3v) is 5.16. The summed E-state index contributed by atoms with van der Waals surface area (Å²) < 4.78 is 6.51. The number of carbonyl (C=O) groups excluding carboxylic acids is 2. The van der Waals surface area contributed by atoms with E-state index in [-0.39, 0.29) is 24.3 Å². The van der Waals surface area contributed by atoms with Gasteiger partial charge in [-0.1, -0.05) is 24.3 Å². The third-order valence-electron chi connectivity index (χ3n) is 5.16. The first-order valence-corrected chi connectivity index (χ1v) is 10.1. The number of benzene rings is 1. The molecule has 0 atom stereocenters. The van der Waals surface area contributed by atoms with Crippen molar-refractivity contribution >= 4 is 22.9 Å². The van der Waals surface area contributed by atoms with Gasteiger partial charge in [-0.2, -0.15) is 5.10 Å². The molecule has 7 heteroatoms. The van der Waals surface area contributed by atoms with Gasteiger partial charge in [0.25, 0.3) is 5.91 Å². The summed E-state index contributed by atoms with van der Waals surface area (Å²) in [4.78, 5) is 31.1. The molecule has 1 amide bonds. The second-order valence-electron chi connectivity index (χ2n) is 7.70. The lowest BCUT2D eigenvalue weighted by Gasteiger charge is -2.18. The molecule has 0 spiro atoms. The Kier molecular flexibility index (Phi) is 6.50. The molecule has 1 aromatic carbocycles. The van der Waals surface area contributed by atoms with Gasteiger partial charge in [0.05, 0.1) is 30.0 Å². The average molecular weight is 409 g/mol. The fourth-order valence-corrected chi connectivity index (χ4v) is 3.44. The van der Waals surface area contributed by atoms with Gasteiger partial charge in [-0.25, -0.2) is 9.67 Å². The Balaban J connectivity index is 2.03. The molecule has 0 saturated carbocycles. The van der Waals surface area contributed by atoms with Crippen molar-refractivity contribution < 1.29 is 14.3 Å². The second kappa shape index (κ2) is 9.07. The molecule has 0 aliphatic heterocycles. The van der Waals surface area contributed by atoms with E-state index in [2.05, 4.69) is 9.84 Å². The van der Waals surface area contributed by atoms with Gasteiger partial charge in [-0.05, 0) is 38.8 Å². The van der Waals surface area contributed by atoms with Gasteiger partial charge in [-0.3, -0.25) is 9.59 Å². The van der Waals surface area contributed by atoms with Gasteiger partial charge < -0.3 is 9.64 Å². The highest BCUT2D eigenvalue weighted by molar-refractivity contribution is 6.06. The molecule has 2 heterocycles. The molecule has 158 valence electrons. The smallest absolute Gasteiger partial charge is 0.305 e. The first kappa shape index (κ1) is 21.5. The number of aromatic nitrogens is 3. The largest absolute Gasteiger partial charge is 0.469 e. The maximum Gasteiger partial charge on any atom is 0.305 e. The zero-order chi connectivity index (χ0) is 21.8. The van der Waals surface area contributed by atoms with E-state index in [4.69, 9.17) is 4.98 Å². The molecule has 0 aliphatic rings. The van der Waals surface area contributed by atoms with Crippen LogP contribution in [0.1, 0.15) is 48.7 Å². The van der Waals surface area contributed by atoms with E-state index >= 15 is 0 Å². The zero-order valence-corrected chi connectivity index (χ0v) is 18.2. The van der Waals surface area contributed by atoms with E-state index in [0.717, 1.165) is 22.2 Å². The number of fused-ring (bicyclic) bond motifs is 1. The predicted octanol–water partition coefficient (Wildman–Crippen LogP) is 4.01. The summed E-state index contributed by atoms with van der Waals surface area (Å²) in [5.74, 6) is -0.396. The maximum absolute atomic E-state index is 13.3. The van der Waals surface area contributed by atoms with E-state index in [1.165, 1.54) is 7.11 Å². The summed E-state index contributed by atoms with van der Waals surface area (Å²) in [6, 6.07) is 9.94. The van der Waals surface area contributed by atoms with Crippen LogP contribution >= 0.6 is 0 Å². The van der Waals surface area contributed by atoms with Crippen LogP contribution in [-0.2, 0) is 9.53 Å². The Bertz CT molecular complexity index is 1070. The van der Waals surface area contributed by atoms with E-state index in [9.17, 15) is 9.59 Å². The standard InChI is InChI=1S/C23H28N4O3/c1-15(2)27-22-19(14-24-27)18(23(29)26(4)12-8-11-21(28)30-5)13-20(25-22)17-10-7-6-9-16(17)3/h6-7,9-10,13-15H,8,11-12H2,1-5H3. The monoisotopic (exact) mass is 408 g/mol. The average Bonchev–Trinajstić information content (AvgIpc) is 3.17. The summed E-state index contributed by atoms with van der Waals surface area (Å²) in [7, 11) is 3.11. The number of hydrogen-bond donors (Lipinski definition) is 0. The van der Waals surface area contributed by atoms with Gasteiger partial charge in [0.2, 0.25) is 0 Å². The van der Waals surface area contributed by atoms with E-state index < -0.39 is 0 Å². The molecule has 2 aromatic heterocycles. The SMILES string of the molecule is COC(=O)CCCN(C)C(=O)c1cc(-c2ccccc2C)nc2c1cnn2C(C)C. The van der Waals surface area contributed by atoms with Crippen LogP contribution < -0.4 is 0 Å². The summed E-state index contributed by atoms with van der Waals surface area (Å²) in [6.45, 7) is 6.56. The molecule has 0 radical (unpaired) electrons. The Labute approximate surface area is 176 Å². The summed E-state index contributed by atoms with van der Waals surface area (Å²) in [5.41, 5.74) is 4.07.